The quantitative estimate of drug-likeness (QED) is 0.599. The summed E-state index contributed by atoms with van der Waals surface area (Å²) in [4.78, 5) is 3.75. The number of hydrogen-bond acceptors (Lipinski definition) is 5. The van der Waals surface area contributed by atoms with Crippen molar-refractivity contribution in [1.82, 2.24) is 8.96 Å². The van der Waals surface area contributed by atoms with Crippen LogP contribution in [0, 0.1) is 6.92 Å². The molecular weight excluding hydrogens is 402 g/mol. The molecule has 3 aromatic rings. The van der Waals surface area contributed by atoms with Crippen LogP contribution in [0.1, 0.15) is 23.7 Å². The molecule has 0 saturated heterocycles. The van der Waals surface area contributed by atoms with Crippen LogP contribution >= 0.6 is 0 Å². The monoisotopic (exact) mass is 422 g/mol. The van der Waals surface area contributed by atoms with E-state index in [1.165, 1.54) is 37.7 Å². The number of hydrogen-bond donors (Lipinski definition) is 1. The first-order chi connectivity index (χ1) is 13.5. The Morgan fingerprint density at radius 2 is 2.07 bits per heavy atom. The largest absolute Gasteiger partial charge is 0.513 e. The highest BCUT2D eigenvalue weighted by atomic mass is 32.2. The van der Waals surface area contributed by atoms with Crippen molar-refractivity contribution >= 4 is 20.9 Å². The lowest BCUT2D eigenvalue weighted by Gasteiger charge is -2.16. The van der Waals surface area contributed by atoms with E-state index in [4.69, 9.17) is 4.74 Å². The molecule has 0 aliphatic rings. The third kappa shape index (κ3) is 3.57. The standard InChI is InChI=1S/C20H20F2N2O4S/c1-12(25)8-15-13(2)24(29(26,27)14-6-5-7-23-11-14)18-10-17(20(3,21)22)19(28-4)9-16(15)18/h5-7,9-11,25H,1,8H2,2-4H3. The van der Waals surface area contributed by atoms with E-state index in [1.807, 2.05) is 0 Å². The number of ether oxygens (including phenoxy) is 1. The highest BCUT2D eigenvalue weighted by molar-refractivity contribution is 7.90. The fraction of sp³-hybridized carbons (Fsp3) is 0.250. The third-order valence-electron chi connectivity index (χ3n) is 4.63. The molecule has 0 unspecified atom stereocenters. The maximum Gasteiger partial charge on any atom is 0.274 e. The van der Waals surface area contributed by atoms with Crippen LogP contribution in [0.4, 0.5) is 8.78 Å². The molecule has 0 fully saturated rings. The zero-order chi connectivity index (χ0) is 21.6. The van der Waals surface area contributed by atoms with Gasteiger partial charge in [-0.25, -0.2) is 21.2 Å². The zero-order valence-electron chi connectivity index (χ0n) is 16.1. The van der Waals surface area contributed by atoms with Crippen molar-refractivity contribution in [3.8, 4) is 5.75 Å². The highest BCUT2D eigenvalue weighted by Gasteiger charge is 2.32. The normalized spacial score (nSPS) is 12.3. The molecule has 3 rings (SSSR count). The zero-order valence-corrected chi connectivity index (χ0v) is 16.9. The van der Waals surface area contributed by atoms with Crippen LogP contribution in [0.2, 0.25) is 0 Å². The molecule has 29 heavy (non-hydrogen) atoms. The van der Waals surface area contributed by atoms with Gasteiger partial charge in [-0.2, -0.15) is 0 Å². The Balaban J connectivity index is 2.46. The number of allylic oxidation sites excluding steroid dienone is 1. The van der Waals surface area contributed by atoms with Crippen molar-refractivity contribution in [3.63, 3.8) is 0 Å². The second-order valence-corrected chi connectivity index (χ2v) is 8.51. The minimum atomic E-state index is -4.14. The minimum absolute atomic E-state index is 0.0388. The minimum Gasteiger partial charge on any atom is -0.513 e. The second-order valence-electron chi connectivity index (χ2n) is 6.72. The van der Waals surface area contributed by atoms with Crippen LogP contribution in [0.15, 0.2) is 53.9 Å². The second kappa shape index (κ2) is 7.14. The van der Waals surface area contributed by atoms with Crippen molar-refractivity contribution in [2.75, 3.05) is 7.11 Å². The summed E-state index contributed by atoms with van der Waals surface area (Å²) in [6.45, 7) is 5.72. The molecule has 0 spiro atoms. The molecule has 2 heterocycles. The molecule has 0 amide bonds. The van der Waals surface area contributed by atoms with Gasteiger partial charge in [0.1, 0.15) is 10.6 Å². The lowest BCUT2D eigenvalue weighted by atomic mass is 10.0. The maximum atomic E-state index is 14.2. The van der Waals surface area contributed by atoms with E-state index in [1.54, 1.807) is 6.92 Å². The van der Waals surface area contributed by atoms with Gasteiger partial charge in [-0.1, -0.05) is 6.58 Å². The molecule has 0 radical (unpaired) electrons. The SMILES string of the molecule is C=C(O)Cc1c(C)n(S(=O)(=O)c2cccnc2)c2cc(C(C)(F)F)c(OC)cc12. The van der Waals surface area contributed by atoms with Crippen molar-refractivity contribution in [1.29, 1.82) is 0 Å². The predicted octanol–water partition coefficient (Wildman–Crippen LogP) is 4.32. The number of methoxy groups -OCH3 is 1. The molecule has 2 aromatic heterocycles. The molecule has 6 nitrogen and oxygen atoms in total. The number of pyridine rings is 1. The van der Waals surface area contributed by atoms with Gasteiger partial charge in [0, 0.05) is 36.8 Å². The predicted molar refractivity (Wildman–Crippen MR) is 105 cm³/mol. The van der Waals surface area contributed by atoms with Crippen LogP contribution in [0.3, 0.4) is 0 Å². The molecule has 0 saturated carbocycles. The van der Waals surface area contributed by atoms with Crippen LogP contribution < -0.4 is 4.74 Å². The molecule has 0 atom stereocenters. The maximum absolute atomic E-state index is 14.2. The first-order valence-corrected chi connectivity index (χ1v) is 10.0. The Morgan fingerprint density at radius 1 is 1.38 bits per heavy atom. The molecule has 0 aliphatic carbocycles. The smallest absolute Gasteiger partial charge is 0.274 e. The van der Waals surface area contributed by atoms with Gasteiger partial charge < -0.3 is 9.84 Å². The Morgan fingerprint density at radius 3 is 2.59 bits per heavy atom. The summed E-state index contributed by atoms with van der Waals surface area (Å²) in [5.74, 6) is -3.53. The number of aliphatic hydroxyl groups excluding tert-OH is 1. The molecule has 9 heteroatoms. The number of rotatable bonds is 6. The van der Waals surface area contributed by atoms with E-state index >= 15 is 0 Å². The van der Waals surface area contributed by atoms with E-state index in [2.05, 4.69) is 11.6 Å². The molecule has 0 bridgehead atoms. The Bertz CT molecular complexity index is 1200. The molecule has 1 N–H and O–H groups in total. The molecule has 1 aromatic carbocycles. The van der Waals surface area contributed by atoms with Gasteiger partial charge in [-0.05, 0) is 36.8 Å². The van der Waals surface area contributed by atoms with Gasteiger partial charge in [0.25, 0.3) is 15.9 Å². The number of fused-ring (bicyclic) bond motifs is 1. The van der Waals surface area contributed by atoms with E-state index in [-0.39, 0.29) is 34.0 Å². The van der Waals surface area contributed by atoms with Gasteiger partial charge in [-0.3, -0.25) is 4.98 Å². The number of aliphatic hydroxyl groups is 1. The van der Waals surface area contributed by atoms with Gasteiger partial charge in [0.05, 0.1) is 23.9 Å². The molecular formula is C20H20F2N2O4S. The lowest BCUT2D eigenvalue weighted by Crippen LogP contribution is -2.16. The third-order valence-corrected chi connectivity index (χ3v) is 6.42. The van der Waals surface area contributed by atoms with Gasteiger partial charge in [0.15, 0.2) is 0 Å². The summed E-state index contributed by atoms with van der Waals surface area (Å²) in [5, 5.41) is 10.1. The van der Waals surface area contributed by atoms with Gasteiger partial charge >= 0.3 is 0 Å². The fourth-order valence-electron chi connectivity index (χ4n) is 3.33. The van der Waals surface area contributed by atoms with Crippen LogP contribution in [0.5, 0.6) is 5.75 Å². The number of nitrogens with zero attached hydrogens (tertiary/aromatic N) is 2. The summed E-state index contributed by atoms with van der Waals surface area (Å²) < 4.78 is 61.1. The summed E-state index contributed by atoms with van der Waals surface area (Å²) in [5.41, 5.74) is 0.337. The number of aromatic nitrogens is 2. The fourth-order valence-corrected chi connectivity index (χ4v) is 4.87. The number of benzene rings is 1. The average molecular weight is 422 g/mol. The number of alkyl halides is 2. The van der Waals surface area contributed by atoms with E-state index in [9.17, 15) is 22.3 Å². The Labute approximate surface area is 167 Å². The van der Waals surface area contributed by atoms with E-state index in [0.717, 1.165) is 10.0 Å². The first kappa shape index (κ1) is 20.8. The van der Waals surface area contributed by atoms with Crippen molar-refractivity contribution < 1.29 is 27.0 Å². The summed E-state index contributed by atoms with van der Waals surface area (Å²) in [6.07, 6.45) is 2.58. The van der Waals surface area contributed by atoms with Gasteiger partial charge in [-0.15, -0.1) is 0 Å². The van der Waals surface area contributed by atoms with Crippen molar-refractivity contribution in [2.24, 2.45) is 0 Å². The summed E-state index contributed by atoms with van der Waals surface area (Å²) in [7, 11) is -2.87. The summed E-state index contributed by atoms with van der Waals surface area (Å²) >= 11 is 0. The van der Waals surface area contributed by atoms with E-state index < -0.39 is 21.5 Å². The number of halogens is 2. The lowest BCUT2D eigenvalue weighted by molar-refractivity contribution is 0.0152. The first-order valence-electron chi connectivity index (χ1n) is 8.61. The van der Waals surface area contributed by atoms with Gasteiger partial charge in [0.2, 0.25) is 0 Å². The Kier molecular flexibility index (Phi) is 5.12. The van der Waals surface area contributed by atoms with Crippen LogP contribution in [-0.2, 0) is 22.4 Å². The highest BCUT2D eigenvalue weighted by Crippen LogP contribution is 2.41. The average Bonchev–Trinajstić information content (AvgIpc) is 2.92. The summed E-state index contributed by atoms with van der Waals surface area (Å²) in [6, 6.07) is 5.32. The topological polar surface area (TPSA) is 81.4 Å². The van der Waals surface area contributed by atoms with Crippen molar-refractivity contribution in [2.45, 2.75) is 31.1 Å². The van der Waals surface area contributed by atoms with Crippen LogP contribution in [-0.4, -0.2) is 29.6 Å². The molecule has 0 aliphatic heterocycles. The van der Waals surface area contributed by atoms with E-state index in [0.29, 0.717) is 17.9 Å². The van der Waals surface area contributed by atoms with Crippen molar-refractivity contribution in [3.05, 3.63) is 65.8 Å². The molecule has 154 valence electrons. The van der Waals surface area contributed by atoms with Crippen LogP contribution in [0.25, 0.3) is 10.9 Å². The Hall–Kier alpha value is -2.94.